The average Bonchev–Trinajstić information content (AvgIpc) is 2.68. The van der Waals surface area contributed by atoms with Crippen LogP contribution in [0.3, 0.4) is 0 Å². The van der Waals surface area contributed by atoms with Gasteiger partial charge in [0.25, 0.3) is 10.0 Å². The normalized spacial score (nSPS) is 12.7. The van der Waals surface area contributed by atoms with E-state index >= 15 is 0 Å². The molecule has 2 aromatic rings. The van der Waals surface area contributed by atoms with Gasteiger partial charge >= 0.3 is 0 Å². The van der Waals surface area contributed by atoms with Gasteiger partial charge < -0.3 is 4.74 Å². The first kappa shape index (κ1) is 24.1. The third-order valence-corrected chi connectivity index (χ3v) is 8.52. The van der Waals surface area contributed by atoms with E-state index in [4.69, 9.17) is 9.88 Å². The van der Waals surface area contributed by atoms with Crippen LogP contribution in [0.4, 0.5) is 5.69 Å². The molecule has 3 N–H and O–H groups in total. The molecule has 13 heteroatoms. The van der Waals surface area contributed by atoms with Gasteiger partial charge in [0.1, 0.15) is 5.75 Å². The number of primary sulfonamides is 1. The lowest BCUT2D eigenvalue weighted by atomic mass is 10.3. The zero-order valence-electron chi connectivity index (χ0n) is 16.6. The molecule has 0 atom stereocenters. The first-order valence-electron chi connectivity index (χ1n) is 8.70. The van der Waals surface area contributed by atoms with E-state index < -0.39 is 30.1 Å². The molecule has 2 rings (SSSR count). The van der Waals surface area contributed by atoms with Crippen LogP contribution in [-0.4, -0.2) is 49.8 Å². The number of nitrogens with one attached hydrogen (secondary N) is 1. The van der Waals surface area contributed by atoms with Crippen molar-refractivity contribution in [3.05, 3.63) is 42.5 Å². The second-order valence-corrected chi connectivity index (χ2v) is 11.3. The Balaban J connectivity index is 2.54. The molecule has 0 heterocycles. The third kappa shape index (κ3) is 5.10. The Kier molecular flexibility index (Phi) is 7.14. The van der Waals surface area contributed by atoms with Crippen molar-refractivity contribution in [2.75, 3.05) is 24.9 Å². The highest BCUT2D eigenvalue weighted by atomic mass is 32.2. The Hall–Kier alpha value is -2.19. The van der Waals surface area contributed by atoms with Gasteiger partial charge in [-0.1, -0.05) is 19.9 Å². The summed E-state index contributed by atoms with van der Waals surface area (Å²) in [4.78, 5) is -0.869. The molecule has 0 unspecified atom stereocenters. The summed E-state index contributed by atoms with van der Waals surface area (Å²) in [6, 6.07) is 8.26. The van der Waals surface area contributed by atoms with E-state index in [9.17, 15) is 25.3 Å². The fraction of sp³-hybridized carbons (Fsp3) is 0.294. The minimum Gasteiger partial charge on any atom is -0.495 e. The minimum absolute atomic E-state index is 0.0830. The van der Waals surface area contributed by atoms with E-state index in [0.717, 1.165) is 18.2 Å². The average molecular weight is 478 g/mol. The lowest BCUT2D eigenvalue weighted by Gasteiger charge is -2.20. The monoisotopic (exact) mass is 477 g/mol. The van der Waals surface area contributed by atoms with Crippen LogP contribution in [0, 0.1) is 0 Å². The Labute approximate surface area is 176 Å². The molecule has 0 amide bonds. The summed E-state index contributed by atoms with van der Waals surface area (Å²) in [6.07, 6.45) is 0. The van der Waals surface area contributed by atoms with Crippen LogP contribution in [0.1, 0.15) is 13.8 Å². The standard InChI is InChI=1S/C17H23N3O7S3/c1-4-20(5-2)30(25,26)15-9-10-17(27-3)16(12-15)19-29(23,24)14-8-6-7-13(11-14)28(18,21)22/h6-12,19H,4-5H2,1-3H3,(H2,18,21,22). The molecular formula is C17H23N3O7S3. The van der Waals surface area contributed by atoms with Gasteiger partial charge in [-0.05, 0) is 36.4 Å². The highest BCUT2D eigenvalue weighted by Gasteiger charge is 2.25. The summed E-state index contributed by atoms with van der Waals surface area (Å²) in [6.45, 7) is 3.86. The van der Waals surface area contributed by atoms with E-state index in [0.29, 0.717) is 0 Å². The fourth-order valence-corrected chi connectivity index (χ4v) is 5.89. The minimum atomic E-state index is -4.28. The molecule has 0 fully saturated rings. The number of hydrogen-bond donors (Lipinski definition) is 2. The first-order chi connectivity index (χ1) is 13.9. The number of rotatable bonds is 9. The van der Waals surface area contributed by atoms with E-state index in [-0.39, 0.29) is 39.2 Å². The van der Waals surface area contributed by atoms with E-state index in [1.54, 1.807) is 13.8 Å². The van der Waals surface area contributed by atoms with E-state index in [1.165, 1.54) is 35.7 Å². The highest BCUT2D eigenvalue weighted by Crippen LogP contribution is 2.31. The molecule has 10 nitrogen and oxygen atoms in total. The number of methoxy groups -OCH3 is 1. The molecule has 0 aromatic heterocycles. The maximum atomic E-state index is 12.8. The van der Waals surface area contributed by atoms with Crippen molar-refractivity contribution in [2.45, 2.75) is 28.5 Å². The summed E-state index contributed by atoms with van der Waals surface area (Å²) in [5.74, 6) is 0.0830. The molecule has 0 aliphatic heterocycles. The highest BCUT2D eigenvalue weighted by molar-refractivity contribution is 7.93. The Bertz CT molecular complexity index is 1240. The zero-order valence-corrected chi connectivity index (χ0v) is 19.0. The Morgan fingerprint density at radius 1 is 0.900 bits per heavy atom. The molecule has 0 saturated carbocycles. The smallest absolute Gasteiger partial charge is 0.262 e. The molecule has 0 aliphatic carbocycles. The summed E-state index contributed by atoms with van der Waals surface area (Å²) < 4.78 is 82.8. The lowest BCUT2D eigenvalue weighted by molar-refractivity contribution is 0.416. The largest absolute Gasteiger partial charge is 0.495 e. The number of nitrogens with two attached hydrogens (primary N) is 1. The van der Waals surface area contributed by atoms with Crippen LogP contribution < -0.4 is 14.6 Å². The number of nitrogens with zero attached hydrogens (tertiary/aromatic N) is 1. The van der Waals surface area contributed by atoms with Crippen molar-refractivity contribution in [3.63, 3.8) is 0 Å². The lowest BCUT2D eigenvalue weighted by Crippen LogP contribution is -2.30. The van der Waals surface area contributed by atoms with Gasteiger partial charge in [0.15, 0.2) is 0 Å². The van der Waals surface area contributed by atoms with Gasteiger partial charge in [-0.3, -0.25) is 4.72 Å². The molecule has 0 radical (unpaired) electrons. The number of hydrogen-bond acceptors (Lipinski definition) is 7. The summed E-state index contributed by atoms with van der Waals surface area (Å²) >= 11 is 0. The van der Waals surface area contributed by atoms with Crippen LogP contribution >= 0.6 is 0 Å². The molecule has 0 spiro atoms. The first-order valence-corrected chi connectivity index (χ1v) is 13.2. The maximum Gasteiger partial charge on any atom is 0.262 e. The van der Waals surface area contributed by atoms with Crippen LogP contribution in [0.5, 0.6) is 5.75 Å². The van der Waals surface area contributed by atoms with Crippen LogP contribution in [0.25, 0.3) is 0 Å². The quantitative estimate of drug-likeness (QED) is 0.550. The fourth-order valence-electron chi connectivity index (χ4n) is 2.66. The molecular weight excluding hydrogens is 454 g/mol. The second kappa shape index (κ2) is 8.89. The van der Waals surface area contributed by atoms with Gasteiger partial charge in [0, 0.05) is 13.1 Å². The van der Waals surface area contributed by atoms with Crippen molar-refractivity contribution in [2.24, 2.45) is 5.14 Å². The van der Waals surface area contributed by atoms with Gasteiger partial charge in [-0.25, -0.2) is 30.4 Å². The van der Waals surface area contributed by atoms with Crippen molar-refractivity contribution in [1.82, 2.24) is 4.31 Å². The molecule has 0 bridgehead atoms. The van der Waals surface area contributed by atoms with Crippen LogP contribution in [0.2, 0.25) is 0 Å². The van der Waals surface area contributed by atoms with Crippen LogP contribution in [0.15, 0.2) is 57.2 Å². The SMILES string of the molecule is CCN(CC)S(=O)(=O)c1ccc(OC)c(NS(=O)(=O)c2cccc(S(N)(=O)=O)c2)c1. The molecule has 30 heavy (non-hydrogen) atoms. The van der Waals surface area contributed by atoms with Gasteiger partial charge in [0.2, 0.25) is 20.0 Å². The van der Waals surface area contributed by atoms with Crippen molar-refractivity contribution in [1.29, 1.82) is 0 Å². The second-order valence-electron chi connectivity index (χ2n) is 6.08. The maximum absolute atomic E-state index is 12.8. The van der Waals surface area contributed by atoms with E-state index in [2.05, 4.69) is 4.72 Å². The Morgan fingerprint density at radius 3 is 2.03 bits per heavy atom. The predicted molar refractivity (Wildman–Crippen MR) is 112 cm³/mol. The van der Waals surface area contributed by atoms with E-state index in [1.807, 2.05) is 0 Å². The van der Waals surface area contributed by atoms with Crippen LogP contribution in [-0.2, 0) is 30.1 Å². The summed E-state index contributed by atoms with van der Waals surface area (Å²) in [5, 5.41) is 5.06. The summed E-state index contributed by atoms with van der Waals surface area (Å²) in [7, 11) is -10.9. The molecule has 0 aliphatic rings. The number of sulfonamides is 3. The summed E-state index contributed by atoms with van der Waals surface area (Å²) in [5.41, 5.74) is -0.119. The van der Waals surface area contributed by atoms with Gasteiger partial charge in [-0.2, -0.15) is 4.31 Å². The zero-order chi connectivity index (χ0) is 22.7. The van der Waals surface area contributed by atoms with Crippen molar-refractivity contribution in [3.8, 4) is 5.75 Å². The molecule has 0 saturated heterocycles. The Morgan fingerprint density at radius 2 is 1.50 bits per heavy atom. The van der Waals surface area contributed by atoms with Crippen molar-refractivity contribution < 1.29 is 30.0 Å². The van der Waals surface area contributed by atoms with Gasteiger partial charge in [-0.15, -0.1) is 0 Å². The number of ether oxygens (including phenoxy) is 1. The molecule has 166 valence electrons. The topological polar surface area (TPSA) is 153 Å². The predicted octanol–water partition coefficient (Wildman–Crippen LogP) is 1.17. The third-order valence-electron chi connectivity index (χ3n) is 4.20. The van der Waals surface area contributed by atoms with Crippen molar-refractivity contribution >= 4 is 35.8 Å². The number of benzene rings is 2. The molecule has 2 aromatic carbocycles. The number of anilines is 1. The van der Waals surface area contributed by atoms with Gasteiger partial charge in [0.05, 0.1) is 27.5 Å².